The number of hydrogen-bond acceptors (Lipinski definition) is 9. The van der Waals surface area contributed by atoms with Crippen LogP contribution in [0.1, 0.15) is 55.9 Å². The van der Waals surface area contributed by atoms with Crippen molar-refractivity contribution in [2.45, 2.75) is 57.5 Å². The van der Waals surface area contributed by atoms with Crippen LogP contribution >= 0.6 is 0 Å². The van der Waals surface area contributed by atoms with Crippen molar-refractivity contribution in [3.63, 3.8) is 0 Å². The molecule has 3 aliphatic rings. The SMILES string of the molecule is CCOC(=O)N1CCN(C(=O)[C@H](CCC(=O)O)NC(=O)c2cc(OCC(=O)N3CCC[C@H]3C(=O)NCC3CC3)n(-c3cccc(F)c3)n2)CC1. The quantitative estimate of drug-likeness (QED) is 0.258. The van der Waals surface area contributed by atoms with Crippen LogP contribution in [0.5, 0.6) is 5.88 Å². The van der Waals surface area contributed by atoms with Crippen molar-refractivity contribution < 1.29 is 47.7 Å². The second-order valence-electron chi connectivity index (χ2n) is 12.5. The maximum absolute atomic E-state index is 14.2. The number of nitrogens with one attached hydrogen (secondary N) is 2. The molecule has 50 heavy (non-hydrogen) atoms. The van der Waals surface area contributed by atoms with Crippen LogP contribution in [0.4, 0.5) is 9.18 Å². The van der Waals surface area contributed by atoms with Gasteiger partial charge in [-0.05, 0) is 63.1 Å². The van der Waals surface area contributed by atoms with Gasteiger partial charge in [-0.2, -0.15) is 5.10 Å². The Hall–Kier alpha value is -5.22. The van der Waals surface area contributed by atoms with Gasteiger partial charge in [-0.1, -0.05) is 6.07 Å². The van der Waals surface area contributed by atoms with Gasteiger partial charge in [-0.25, -0.2) is 13.9 Å². The molecule has 2 aromatic rings. The van der Waals surface area contributed by atoms with Crippen LogP contribution in [0.25, 0.3) is 5.69 Å². The Morgan fingerprint density at radius 2 is 1.76 bits per heavy atom. The van der Waals surface area contributed by atoms with Gasteiger partial charge in [0.15, 0.2) is 12.3 Å². The van der Waals surface area contributed by atoms with E-state index in [1.54, 1.807) is 6.92 Å². The lowest BCUT2D eigenvalue weighted by Crippen LogP contribution is -2.56. The Labute approximate surface area is 287 Å². The average molecular weight is 700 g/mol. The van der Waals surface area contributed by atoms with Gasteiger partial charge >= 0.3 is 12.1 Å². The molecule has 1 aliphatic carbocycles. The van der Waals surface area contributed by atoms with E-state index in [-0.39, 0.29) is 62.4 Å². The molecular formula is C33H42FN7O9. The molecule has 16 nitrogen and oxygen atoms in total. The van der Waals surface area contributed by atoms with Crippen LogP contribution in [0.3, 0.4) is 0 Å². The van der Waals surface area contributed by atoms with Crippen LogP contribution in [0, 0.1) is 11.7 Å². The van der Waals surface area contributed by atoms with Gasteiger partial charge in [0, 0.05) is 51.8 Å². The second kappa shape index (κ2) is 16.5. The van der Waals surface area contributed by atoms with E-state index >= 15 is 0 Å². The van der Waals surface area contributed by atoms with Gasteiger partial charge in [-0.15, -0.1) is 0 Å². The van der Waals surface area contributed by atoms with Crippen LogP contribution in [-0.4, -0.2) is 130 Å². The van der Waals surface area contributed by atoms with Gasteiger partial charge in [0.2, 0.25) is 17.7 Å². The smallest absolute Gasteiger partial charge is 0.409 e. The molecule has 0 radical (unpaired) electrons. The first kappa shape index (κ1) is 36.1. The van der Waals surface area contributed by atoms with Gasteiger partial charge in [-0.3, -0.25) is 24.0 Å². The number of hydrogen-bond donors (Lipinski definition) is 3. The molecule has 1 aromatic heterocycles. The largest absolute Gasteiger partial charge is 0.481 e. The summed E-state index contributed by atoms with van der Waals surface area (Å²) in [4.78, 5) is 80.9. The number of aliphatic carboxylic acids is 1. The molecule has 5 amide bonds. The molecule has 2 aliphatic heterocycles. The number of ether oxygens (including phenoxy) is 2. The fraction of sp³-hybridized carbons (Fsp3) is 0.545. The fourth-order valence-corrected chi connectivity index (χ4v) is 5.91. The van der Waals surface area contributed by atoms with Gasteiger partial charge in [0.1, 0.15) is 17.9 Å². The summed E-state index contributed by atoms with van der Waals surface area (Å²) in [5.74, 6) is -3.37. The summed E-state index contributed by atoms with van der Waals surface area (Å²) in [5.41, 5.74) is -0.0570. The minimum absolute atomic E-state index is 0.0773. The van der Waals surface area contributed by atoms with Gasteiger partial charge in [0.25, 0.3) is 11.8 Å². The first-order valence-corrected chi connectivity index (χ1v) is 16.8. The number of carbonyl (C=O) groups is 6. The van der Waals surface area contributed by atoms with Crippen LogP contribution in [-0.2, 0) is 23.9 Å². The normalized spacial score (nSPS) is 18.0. The lowest BCUT2D eigenvalue weighted by molar-refractivity contribution is -0.140. The number of halogens is 1. The topological polar surface area (TPSA) is 193 Å². The summed E-state index contributed by atoms with van der Waals surface area (Å²) in [6.45, 7) is 3.06. The molecule has 2 atom stereocenters. The summed E-state index contributed by atoms with van der Waals surface area (Å²) < 4.78 is 26.2. The van der Waals surface area contributed by atoms with Crippen molar-refractivity contribution in [1.29, 1.82) is 0 Å². The lowest BCUT2D eigenvalue weighted by Gasteiger charge is -2.35. The number of aromatic nitrogens is 2. The standard InChI is InChI=1S/C33H42FN7O9/c1-2-49-33(48)39-15-13-38(14-16-39)32(47)24(10-11-29(43)44)36-30(45)25-18-28(41(37-25)23-6-3-5-22(34)17-23)50-20-27(42)40-12-4-7-26(40)31(46)35-19-21-8-9-21/h3,5-6,17-18,21,24,26H,2,4,7-16,19-20H2,1H3,(H,35,46)(H,36,45)(H,43,44)/t24-,26-/m0/s1. The summed E-state index contributed by atoms with van der Waals surface area (Å²) in [6.07, 6.45) is 2.21. The van der Waals surface area contributed by atoms with E-state index in [1.165, 1.54) is 39.0 Å². The molecule has 3 N–H and O–H groups in total. The average Bonchev–Trinajstić information content (AvgIpc) is 3.62. The predicted octanol–water partition coefficient (Wildman–Crippen LogP) is 1.17. The molecule has 0 bridgehead atoms. The Kier molecular flexibility index (Phi) is 11.9. The van der Waals surface area contributed by atoms with E-state index in [1.807, 2.05) is 0 Å². The third kappa shape index (κ3) is 9.26. The van der Waals surface area contributed by atoms with Crippen molar-refractivity contribution in [2.24, 2.45) is 5.92 Å². The number of carboxylic acids is 1. The number of carbonyl (C=O) groups excluding carboxylic acids is 5. The maximum atomic E-state index is 14.2. The number of amides is 5. The minimum Gasteiger partial charge on any atom is -0.481 e. The summed E-state index contributed by atoms with van der Waals surface area (Å²) in [6, 6.07) is 4.69. The number of rotatable bonds is 14. The molecule has 0 spiro atoms. The highest BCUT2D eigenvalue weighted by molar-refractivity contribution is 5.96. The highest BCUT2D eigenvalue weighted by Crippen LogP contribution is 2.28. The Morgan fingerprint density at radius 3 is 2.44 bits per heavy atom. The molecule has 5 rings (SSSR count). The molecule has 270 valence electrons. The number of benzene rings is 1. The van der Waals surface area contributed by atoms with Crippen LogP contribution in [0.15, 0.2) is 30.3 Å². The van der Waals surface area contributed by atoms with E-state index in [2.05, 4.69) is 15.7 Å². The zero-order chi connectivity index (χ0) is 35.8. The molecule has 3 fully saturated rings. The maximum Gasteiger partial charge on any atom is 0.409 e. The van der Waals surface area contributed by atoms with E-state index < -0.39 is 60.7 Å². The monoisotopic (exact) mass is 699 g/mol. The third-order valence-corrected chi connectivity index (χ3v) is 8.81. The van der Waals surface area contributed by atoms with Crippen molar-refractivity contribution >= 4 is 35.7 Å². The summed E-state index contributed by atoms with van der Waals surface area (Å²) >= 11 is 0. The zero-order valence-electron chi connectivity index (χ0n) is 27.8. The first-order chi connectivity index (χ1) is 24.0. The molecule has 3 heterocycles. The molecule has 2 saturated heterocycles. The summed E-state index contributed by atoms with van der Waals surface area (Å²) in [5, 5.41) is 19.1. The molecule has 0 unspecified atom stereocenters. The van der Waals surface area contributed by atoms with Gasteiger partial charge < -0.3 is 39.9 Å². The third-order valence-electron chi connectivity index (χ3n) is 8.81. The van der Waals surface area contributed by atoms with Crippen molar-refractivity contribution in [3.05, 3.63) is 41.8 Å². The number of piperazine rings is 1. The van der Waals surface area contributed by atoms with E-state index in [4.69, 9.17) is 9.47 Å². The highest BCUT2D eigenvalue weighted by atomic mass is 19.1. The second-order valence-corrected chi connectivity index (χ2v) is 12.5. The Bertz CT molecular complexity index is 1590. The van der Waals surface area contributed by atoms with Crippen LogP contribution < -0.4 is 15.4 Å². The zero-order valence-corrected chi connectivity index (χ0v) is 27.8. The van der Waals surface area contributed by atoms with E-state index in [0.717, 1.165) is 23.6 Å². The highest BCUT2D eigenvalue weighted by Gasteiger charge is 2.36. The molecular weight excluding hydrogens is 657 g/mol. The molecule has 1 aromatic carbocycles. The number of likely N-dealkylation sites (tertiary alicyclic amines) is 1. The number of nitrogens with zero attached hydrogens (tertiary/aromatic N) is 5. The number of carboxylic acid groups (broad SMARTS) is 1. The molecule has 1 saturated carbocycles. The van der Waals surface area contributed by atoms with Crippen LogP contribution in [0.2, 0.25) is 0 Å². The Balaban J connectivity index is 1.29. The van der Waals surface area contributed by atoms with Crippen molar-refractivity contribution in [3.8, 4) is 11.6 Å². The molecule has 17 heteroatoms. The Morgan fingerprint density at radius 1 is 1.02 bits per heavy atom. The minimum atomic E-state index is -1.24. The van der Waals surface area contributed by atoms with Crippen molar-refractivity contribution in [2.75, 3.05) is 52.5 Å². The fourth-order valence-electron chi connectivity index (χ4n) is 5.91. The van der Waals surface area contributed by atoms with Gasteiger partial charge in [0.05, 0.1) is 12.3 Å². The van der Waals surface area contributed by atoms with E-state index in [0.29, 0.717) is 31.8 Å². The summed E-state index contributed by atoms with van der Waals surface area (Å²) in [7, 11) is 0. The predicted molar refractivity (Wildman–Crippen MR) is 173 cm³/mol. The van der Waals surface area contributed by atoms with Crippen molar-refractivity contribution in [1.82, 2.24) is 35.1 Å². The van der Waals surface area contributed by atoms with E-state index in [9.17, 15) is 38.3 Å². The first-order valence-electron chi connectivity index (χ1n) is 16.8. The lowest BCUT2D eigenvalue weighted by atomic mass is 10.1.